The molecule has 5 nitrogen and oxygen atoms in total. The Morgan fingerprint density at radius 3 is 2.78 bits per heavy atom. The molecule has 0 aliphatic carbocycles. The molecule has 1 aromatic heterocycles. The third-order valence-corrected chi connectivity index (χ3v) is 3.34. The number of anilines is 1. The van der Waals surface area contributed by atoms with Gasteiger partial charge in [-0.1, -0.05) is 6.07 Å². The number of aromatic amines is 1. The summed E-state index contributed by atoms with van der Waals surface area (Å²) < 4.78 is 13.2. The number of H-pyrrole nitrogens is 1. The van der Waals surface area contributed by atoms with Crippen LogP contribution in [0.5, 0.6) is 0 Å². The molecular formula is C17H10FN3O2. The number of carbonyl (C=O) groups is 2. The molecule has 23 heavy (non-hydrogen) atoms. The molecule has 6 heteroatoms. The number of rotatable bonds is 3. The number of nitrogens with one attached hydrogen (secondary N) is 2. The second kappa shape index (κ2) is 5.73. The Labute approximate surface area is 130 Å². The maximum atomic E-state index is 13.2. The Morgan fingerprint density at radius 2 is 2.00 bits per heavy atom. The number of benzene rings is 2. The van der Waals surface area contributed by atoms with Crippen molar-refractivity contribution in [3.8, 4) is 6.07 Å². The summed E-state index contributed by atoms with van der Waals surface area (Å²) in [6, 6.07) is 12.1. The van der Waals surface area contributed by atoms with Crippen LogP contribution in [0.4, 0.5) is 10.1 Å². The number of nitriles is 1. The summed E-state index contributed by atoms with van der Waals surface area (Å²) in [4.78, 5) is 27.1. The van der Waals surface area contributed by atoms with Gasteiger partial charge in [-0.15, -0.1) is 0 Å². The quantitative estimate of drug-likeness (QED) is 0.576. The lowest BCUT2D eigenvalue weighted by atomic mass is 10.1. The highest BCUT2D eigenvalue weighted by molar-refractivity contribution is 6.48. The van der Waals surface area contributed by atoms with Gasteiger partial charge in [-0.3, -0.25) is 9.59 Å². The van der Waals surface area contributed by atoms with Crippen molar-refractivity contribution in [2.24, 2.45) is 0 Å². The fraction of sp³-hybridized carbons (Fsp3) is 0. The van der Waals surface area contributed by atoms with Crippen molar-refractivity contribution in [3.05, 3.63) is 65.6 Å². The largest absolute Gasteiger partial charge is 0.360 e. The summed E-state index contributed by atoms with van der Waals surface area (Å²) >= 11 is 0. The fourth-order valence-electron chi connectivity index (χ4n) is 2.26. The molecule has 0 atom stereocenters. The number of amides is 1. The van der Waals surface area contributed by atoms with E-state index in [0.717, 1.165) is 0 Å². The number of carbonyl (C=O) groups excluding carboxylic acids is 2. The predicted octanol–water partition coefficient (Wildman–Crippen LogP) is 3.00. The molecule has 3 aromatic rings. The topological polar surface area (TPSA) is 85.8 Å². The van der Waals surface area contributed by atoms with Gasteiger partial charge in [0.05, 0.1) is 17.2 Å². The zero-order valence-corrected chi connectivity index (χ0v) is 11.8. The first-order valence-electron chi connectivity index (χ1n) is 6.71. The van der Waals surface area contributed by atoms with E-state index in [1.54, 1.807) is 18.2 Å². The van der Waals surface area contributed by atoms with Gasteiger partial charge in [0.1, 0.15) is 5.82 Å². The van der Waals surface area contributed by atoms with E-state index < -0.39 is 17.5 Å². The standard InChI is InChI=1S/C17H10FN3O2/c18-11-4-5-13-14(9-20-15(13)7-11)16(22)17(23)21-12-3-1-2-10(6-12)8-19/h1-7,9,20H,(H,21,23). The van der Waals surface area contributed by atoms with Crippen molar-refractivity contribution in [1.82, 2.24) is 4.98 Å². The molecule has 0 radical (unpaired) electrons. The first-order chi connectivity index (χ1) is 11.1. The van der Waals surface area contributed by atoms with Crippen LogP contribution in [0.25, 0.3) is 10.9 Å². The number of nitrogens with zero attached hydrogens (tertiary/aromatic N) is 1. The van der Waals surface area contributed by atoms with Gasteiger partial charge in [0.25, 0.3) is 11.7 Å². The number of Topliss-reactive ketones (excluding diaryl/α,β-unsaturated/α-hetero) is 1. The Morgan fingerprint density at radius 1 is 1.17 bits per heavy atom. The minimum absolute atomic E-state index is 0.161. The SMILES string of the molecule is N#Cc1cccc(NC(=O)C(=O)c2c[nH]c3cc(F)ccc23)c1. The summed E-state index contributed by atoms with van der Waals surface area (Å²) in [7, 11) is 0. The van der Waals surface area contributed by atoms with E-state index in [0.29, 0.717) is 22.2 Å². The molecule has 2 N–H and O–H groups in total. The van der Waals surface area contributed by atoms with Crippen molar-refractivity contribution in [1.29, 1.82) is 5.26 Å². The van der Waals surface area contributed by atoms with Gasteiger partial charge in [0, 0.05) is 22.8 Å². The van der Waals surface area contributed by atoms with Crippen molar-refractivity contribution >= 4 is 28.3 Å². The molecule has 2 aromatic carbocycles. The van der Waals surface area contributed by atoms with Crippen molar-refractivity contribution in [3.63, 3.8) is 0 Å². The number of hydrogen-bond acceptors (Lipinski definition) is 3. The molecule has 0 aliphatic rings. The Bertz CT molecular complexity index is 969. The second-order valence-electron chi connectivity index (χ2n) is 4.87. The summed E-state index contributed by atoms with van der Waals surface area (Å²) in [5, 5.41) is 11.8. The minimum atomic E-state index is -0.828. The summed E-state index contributed by atoms with van der Waals surface area (Å²) in [6.45, 7) is 0. The van der Waals surface area contributed by atoms with Crippen LogP contribution in [0.15, 0.2) is 48.7 Å². The second-order valence-corrected chi connectivity index (χ2v) is 4.87. The maximum absolute atomic E-state index is 13.2. The van der Waals surface area contributed by atoms with Gasteiger partial charge >= 0.3 is 0 Å². The van der Waals surface area contributed by atoms with Gasteiger partial charge in [0.15, 0.2) is 0 Å². The molecular weight excluding hydrogens is 297 g/mol. The molecule has 0 saturated heterocycles. The van der Waals surface area contributed by atoms with Crippen molar-refractivity contribution < 1.29 is 14.0 Å². The van der Waals surface area contributed by atoms with Crippen molar-refractivity contribution in [2.45, 2.75) is 0 Å². The van der Waals surface area contributed by atoms with Crippen LogP contribution in [-0.4, -0.2) is 16.7 Å². The van der Waals surface area contributed by atoms with Gasteiger partial charge in [-0.2, -0.15) is 5.26 Å². The zero-order chi connectivity index (χ0) is 16.4. The van der Waals surface area contributed by atoms with Gasteiger partial charge in [-0.05, 0) is 36.4 Å². The highest BCUT2D eigenvalue weighted by Crippen LogP contribution is 2.20. The number of halogens is 1. The smallest absolute Gasteiger partial charge is 0.296 e. The molecule has 3 rings (SSSR count). The Balaban J connectivity index is 1.87. The van der Waals surface area contributed by atoms with E-state index in [1.165, 1.54) is 30.5 Å². The highest BCUT2D eigenvalue weighted by Gasteiger charge is 2.20. The third-order valence-electron chi connectivity index (χ3n) is 3.34. The highest BCUT2D eigenvalue weighted by atomic mass is 19.1. The molecule has 0 saturated carbocycles. The van der Waals surface area contributed by atoms with Crippen LogP contribution < -0.4 is 5.32 Å². The molecule has 0 bridgehead atoms. The number of aromatic nitrogens is 1. The fourth-order valence-corrected chi connectivity index (χ4v) is 2.26. The Kier molecular flexibility index (Phi) is 3.61. The summed E-state index contributed by atoms with van der Waals surface area (Å²) in [6.07, 6.45) is 1.37. The lowest BCUT2D eigenvalue weighted by Crippen LogP contribution is -2.22. The van der Waals surface area contributed by atoms with Crippen LogP contribution in [-0.2, 0) is 4.79 Å². The van der Waals surface area contributed by atoms with E-state index in [1.807, 2.05) is 6.07 Å². The monoisotopic (exact) mass is 307 g/mol. The Hall–Kier alpha value is -3.46. The van der Waals surface area contributed by atoms with E-state index >= 15 is 0 Å². The first kappa shape index (κ1) is 14.5. The normalized spacial score (nSPS) is 10.3. The molecule has 0 fully saturated rings. The van der Waals surface area contributed by atoms with Crippen molar-refractivity contribution in [2.75, 3.05) is 5.32 Å². The molecule has 112 valence electrons. The maximum Gasteiger partial charge on any atom is 0.296 e. The number of ketones is 1. The molecule has 1 heterocycles. The molecule has 1 amide bonds. The van der Waals surface area contributed by atoms with Crippen LogP contribution >= 0.6 is 0 Å². The van der Waals surface area contributed by atoms with Crippen LogP contribution in [0.2, 0.25) is 0 Å². The lowest BCUT2D eigenvalue weighted by molar-refractivity contribution is -0.112. The average Bonchev–Trinajstić information content (AvgIpc) is 2.97. The number of fused-ring (bicyclic) bond motifs is 1. The van der Waals surface area contributed by atoms with Crippen LogP contribution in [0, 0.1) is 17.1 Å². The van der Waals surface area contributed by atoms with E-state index in [2.05, 4.69) is 10.3 Å². The van der Waals surface area contributed by atoms with Crippen LogP contribution in [0.1, 0.15) is 15.9 Å². The summed E-state index contributed by atoms with van der Waals surface area (Å²) in [5.74, 6) is -2.01. The van der Waals surface area contributed by atoms with Gasteiger partial charge < -0.3 is 10.3 Å². The minimum Gasteiger partial charge on any atom is -0.360 e. The van der Waals surface area contributed by atoms with E-state index in [9.17, 15) is 14.0 Å². The van der Waals surface area contributed by atoms with Gasteiger partial charge in [0.2, 0.25) is 0 Å². The predicted molar refractivity (Wildman–Crippen MR) is 82.4 cm³/mol. The molecule has 0 aliphatic heterocycles. The number of hydrogen-bond donors (Lipinski definition) is 2. The lowest BCUT2D eigenvalue weighted by Gasteiger charge is -2.04. The summed E-state index contributed by atoms with van der Waals surface area (Å²) in [5.41, 5.74) is 1.33. The third kappa shape index (κ3) is 2.80. The van der Waals surface area contributed by atoms with E-state index in [-0.39, 0.29) is 5.56 Å². The molecule has 0 spiro atoms. The molecule has 0 unspecified atom stereocenters. The average molecular weight is 307 g/mol. The first-order valence-corrected chi connectivity index (χ1v) is 6.71. The van der Waals surface area contributed by atoms with Crippen LogP contribution in [0.3, 0.4) is 0 Å². The zero-order valence-electron chi connectivity index (χ0n) is 11.8. The van der Waals surface area contributed by atoms with Gasteiger partial charge in [-0.25, -0.2) is 4.39 Å². The van der Waals surface area contributed by atoms with E-state index in [4.69, 9.17) is 5.26 Å².